The van der Waals surface area contributed by atoms with Crippen molar-refractivity contribution in [1.29, 1.82) is 0 Å². The molecule has 7 nitrogen and oxygen atoms in total. The number of hydrogen-bond donors (Lipinski definition) is 2. The third kappa shape index (κ3) is 2.82. The Bertz CT molecular complexity index is 717. The van der Waals surface area contributed by atoms with Crippen molar-refractivity contribution in [2.45, 2.75) is 31.2 Å². The van der Waals surface area contributed by atoms with Crippen LogP contribution in [0.2, 0.25) is 0 Å². The first-order valence-electron chi connectivity index (χ1n) is 8.70. The van der Waals surface area contributed by atoms with Gasteiger partial charge in [0, 0.05) is 43.7 Å². The van der Waals surface area contributed by atoms with Gasteiger partial charge in [-0.15, -0.1) is 0 Å². The van der Waals surface area contributed by atoms with Crippen molar-refractivity contribution in [2.24, 2.45) is 7.05 Å². The summed E-state index contributed by atoms with van der Waals surface area (Å²) in [4.78, 5) is 11.7. The molecule has 4 rings (SSSR count). The summed E-state index contributed by atoms with van der Waals surface area (Å²) in [6.07, 6.45) is 6.87. The number of hydrogen-bond acceptors (Lipinski definition) is 7. The number of fused-ring (bicyclic) bond motifs is 1. The average molecular weight is 347 g/mol. The Morgan fingerprint density at radius 3 is 2.75 bits per heavy atom. The van der Waals surface area contributed by atoms with E-state index in [1.165, 1.54) is 50.3 Å². The normalized spacial score (nSPS) is 21.4. The molecule has 2 aromatic rings. The Morgan fingerprint density at radius 2 is 2.00 bits per heavy atom. The molecule has 2 fully saturated rings. The van der Waals surface area contributed by atoms with Crippen LogP contribution in [0.5, 0.6) is 0 Å². The van der Waals surface area contributed by atoms with Gasteiger partial charge in [-0.1, -0.05) is 12.8 Å². The Morgan fingerprint density at radius 1 is 1.25 bits per heavy atom. The summed E-state index contributed by atoms with van der Waals surface area (Å²) in [6.45, 7) is 3.27. The fraction of sp³-hybridized carbons (Fsp3) is 0.688. The third-order valence-electron chi connectivity index (χ3n) is 5.41. The number of anilines is 2. The highest BCUT2D eigenvalue weighted by molar-refractivity contribution is 7.99. The van der Waals surface area contributed by atoms with E-state index < -0.39 is 0 Å². The summed E-state index contributed by atoms with van der Waals surface area (Å²) in [5, 5.41) is 8.51. The summed E-state index contributed by atoms with van der Waals surface area (Å²) in [6, 6.07) is 0. The number of nitrogens with one attached hydrogen (secondary N) is 1. The van der Waals surface area contributed by atoms with Crippen LogP contribution in [0.1, 0.15) is 25.7 Å². The van der Waals surface area contributed by atoms with E-state index in [9.17, 15) is 0 Å². The van der Waals surface area contributed by atoms with Crippen molar-refractivity contribution in [3.8, 4) is 0 Å². The maximum atomic E-state index is 6.07. The third-order valence-corrected chi connectivity index (χ3v) is 6.36. The second-order valence-electron chi connectivity index (χ2n) is 6.82. The molecular formula is C16H25N7S. The van der Waals surface area contributed by atoms with Crippen LogP contribution < -0.4 is 11.1 Å². The van der Waals surface area contributed by atoms with Gasteiger partial charge in [-0.05, 0) is 12.8 Å². The summed E-state index contributed by atoms with van der Waals surface area (Å²) in [5.41, 5.74) is 7.10. The molecule has 0 spiro atoms. The zero-order valence-electron chi connectivity index (χ0n) is 14.2. The number of thioether (sulfide) groups is 1. The molecule has 3 N–H and O–H groups in total. The fourth-order valence-electron chi connectivity index (χ4n) is 4.04. The predicted molar refractivity (Wildman–Crippen MR) is 99.3 cm³/mol. The summed E-state index contributed by atoms with van der Waals surface area (Å²) in [5.74, 6) is 3.59. The van der Waals surface area contributed by atoms with Crippen molar-refractivity contribution in [3.05, 3.63) is 6.20 Å². The van der Waals surface area contributed by atoms with E-state index in [-0.39, 0.29) is 5.54 Å². The monoisotopic (exact) mass is 347 g/mol. The van der Waals surface area contributed by atoms with Gasteiger partial charge in [0.05, 0.1) is 11.6 Å². The minimum Gasteiger partial charge on any atom is -0.383 e. The smallest absolute Gasteiger partial charge is 0.226 e. The van der Waals surface area contributed by atoms with Crippen molar-refractivity contribution in [2.75, 3.05) is 42.2 Å². The van der Waals surface area contributed by atoms with E-state index in [0.717, 1.165) is 17.6 Å². The predicted octanol–water partition coefficient (Wildman–Crippen LogP) is 1.72. The highest BCUT2D eigenvalue weighted by Crippen LogP contribution is 2.36. The van der Waals surface area contributed by atoms with E-state index in [4.69, 9.17) is 5.73 Å². The van der Waals surface area contributed by atoms with E-state index in [1.54, 1.807) is 10.9 Å². The molecular weight excluding hydrogens is 322 g/mol. The van der Waals surface area contributed by atoms with Crippen LogP contribution in [0, 0.1) is 0 Å². The minimum absolute atomic E-state index is 0.251. The standard InChI is InChI=1S/C16H25N7S/c1-22-14-12(10-19-22)13(17)20-15(21-14)18-11-16(4-2-3-5-16)23-6-8-24-9-7-23/h10H,2-9,11H2,1H3,(H3,17,18,20,21). The molecule has 1 saturated heterocycles. The van der Waals surface area contributed by atoms with Gasteiger partial charge < -0.3 is 11.1 Å². The van der Waals surface area contributed by atoms with Crippen LogP contribution in [-0.2, 0) is 7.05 Å². The van der Waals surface area contributed by atoms with Gasteiger partial charge in [-0.25, -0.2) is 0 Å². The topological polar surface area (TPSA) is 84.9 Å². The summed E-state index contributed by atoms with van der Waals surface area (Å²) >= 11 is 2.06. The molecule has 130 valence electrons. The van der Waals surface area contributed by atoms with Gasteiger partial charge >= 0.3 is 0 Å². The minimum atomic E-state index is 0.251. The van der Waals surface area contributed by atoms with E-state index in [1.807, 2.05) is 7.05 Å². The molecule has 0 amide bonds. The molecule has 0 unspecified atom stereocenters. The van der Waals surface area contributed by atoms with Crippen LogP contribution in [0.25, 0.3) is 11.0 Å². The Kier molecular flexibility index (Phi) is 4.26. The molecule has 0 radical (unpaired) electrons. The van der Waals surface area contributed by atoms with Crippen LogP contribution in [0.3, 0.4) is 0 Å². The van der Waals surface area contributed by atoms with Gasteiger partial charge in [0.25, 0.3) is 0 Å². The second-order valence-corrected chi connectivity index (χ2v) is 8.05. The first-order valence-corrected chi connectivity index (χ1v) is 9.85. The largest absolute Gasteiger partial charge is 0.383 e. The SMILES string of the molecule is Cn1ncc2c(N)nc(NCC3(N4CCSCC4)CCCC3)nc21. The molecule has 0 atom stereocenters. The molecule has 1 aliphatic heterocycles. The highest BCUT2D eigenvalue weighted by Gasteiger charge is 2.39. The van der Waals surface area contributed by atoms with Crippen LogP contribution in [0.4, 0.5) is 11.8 Å². The van der Waals surface area contributed by atoms with Crippen LogP contribution in [-0.4, -0.2) is 61.3 Å². The number of nitrogen functional groups attached to an aromatic ring is 1. The fourth-order valence-corrected chi connectivity index (χ4v) is 4.95. The highest BCUT2D eigenvalue weighted by atomic mass is 32.2. The van der Waals surface area contributed by atoms with Gasteiger partial charge in [0.15, 0.2) is 5.65 Å². The molecule has 0 bridgehead atoms. The van der Waals surface area contributed by atoms with E-state index in [0.29, 0.717) is 11.8 Å². The lowest BCUT2D eigenvalue weighted by molar-refractivity contribution is 0.116. The first kappa shape index (κ1) is 16.0. The Balaban J connectivity index is 1.55. The molecule has 0 aromatic carbocycles. The van der Waals surface area contributed by atoms with E-state index >= 15 is 0 Å². The maximum absolute atomic E-state index is 6.07. The lowest BCUT2D eigenvalue weighted by Crippen LogP contribution is -2.54. The van der Waals surface area contributed by atoms with Crippen molar-refractivity contribution >= 4 is 34.6 Å². The quantitative estimate of drug-likeness (QED) is 0.871. The molecule has 3 heterocycles. The lowest BCUT2D eigenvalue weighted by atomic mass is 9.94. The zero-order valence-corrected chi connectivity index (χ0v) is 15.0. The van der Waals surface area contributed by atoms with Gasteiger partial charge in [0.2, 0.25) is 5.95 Å². The van der Waals surface area contributed by atoms with Crippen molar-refractivity contribution in [3.63, 3.8) is 0 Å². The van der Waals surface area contributed by atoms with Gasteiger partial charge in [0.1, 0.15) is 5.82 Å². The molecule has 8 heteroatoms. The van der Waals surface area contributed by atoms with E-state index in [2.05, 4.69) is 37.0 Å². The van der Waals surface area contributed by atoms with Crippen molar-refractivity contribution in [1.82, 2.24) is 24.6 Å². The van der Waals surface area contributed by atoms with Gasteiger partial charge in [-0.2, -0.15) is 26.8 Å². The number of aromatic nitrogens is 4. The molecule has 1 aliphatic carbocycles. The summed E-state index contributed by atoms with van der Waals surface area (Å²) in [7, 11) is 1.88. The van der Waals surface area contributed by atoms with Crippen LogP contribution >= 0.6 is 11.8 Å². The zero-order chi connectivity index (χ0) is 16.6. The first-order chi connectivity index (χ1) is 11.7. The van der Waals surface area contributed by atoms with Crippen LogP contribution in [0.15, 0.2) is 6.20 Å². The second kappa shape index (κ2) is 6.40. The number of rotatable bonds is 4. The average Bonchev–Trinajstić information content (AvgIpc) is 3.23. The number of nitrogens with zero attached hydrogens (tertiary/aromatic N) is 5. The maximum Gasteiger partial charge on any atom is 0.226 e. The number of nitrogens with two attached hydrogens (primary N) is 1. The van der Waals surface area contributed by atoms with Gasteiger partial charge in [-0.3, -0.25) is 9.58 Å². The molecule has 2 aromatic heterocycles. The summed E-state index contributed by atoms with van der Waals surface area (Å²) < 4.78 is 1.74. The molecule has 1 saturated carbocycles. The molecule has 2 aliphatic rings. The molecule has 24 heavy (non-hydrogen) atoms. The Labute approximate surface area is 146 Å². The van der Waals surface area contributed by atoms with Crippen molar-refractivity contribution < 1.29 is 0 Å². The number of aryl methyl sites for hydroxylation is 1. The Hall–Kier alpha value is -1.54. The lowest BCUT2D eigenvalue weighted by Gasteiger charge is -2.43.